The van der Waals surface area contributed by atoms with E-state index in [0.717, 1.165) is 23.6 Å². The summed E-state index contributed by atoms with van der Waals surface area (Å²) in [6.45, 7) is 4.38. The maximum Gasteiger partial charge on any atom is 0.338 e. The quantitative estimate of drug-likeness (QED) is 0.441. The van der Waals surface area contributed by atoms with Gasteiger partial charge < -0.3 is 14.2 Å². The van der Waals surface area contributed by atoms with Gasteiger partial charge in [0.15, 0.2) is 6.61 Å². The van der Waals surface area contributed by atoms with Gasteiger partial charge in [-0.2, -0.15) is 0 Å². The molecule has 0 saturated carbocycles. The van der Waals surface area contributed by atoms with Crippen molar-refractivity contribution in [2.45, 2.75) is 20.4 Å². The number of hydrogen-bond donors (Lipinski definition) is 0. The SMILES string of the molecule is Cc1cc(C(=O)COC(=O)c2cccc(N(C)C)c2)c(C)n1Cc1cccs1. The Balaban J connectivity index is 1.68. The Labute approximate surface area is 169 Å². The Bertz CT molecular complexity index is 987. The highest BCUT2D eigenvalue weighted by Crippen LogP contribution is 2.20. The molecule has 146 valence electrons. The number of esters is 1. The maximum absolute atomic E-state index is 12.6. The van der Waals surface area contributed by atoms with Gasteiger partial charge in [0, 0.05) is 41.6 Å². The number of carbonyl (C=O) groups excluding carboxylic acids is 2. The summed E-state index contributed by atoms with van der Waals surface area (Å²) in [6.07, 6.45) is 0. The minimum atomic E-state index is -0.496. The standard InChI is InChI=1S/C22H24N2O3S/c1-15-11-20(16(2)24(15)13-19-9-6-10-28-19)21(25)14-27-22(26)17-7-5-8-18(12-17)23(3)4/h5-12H,13-14H2,1-4H3. The lowest BCUT2D eigenvalue weighted by molar-refractivity contribution is 0.0474. The molecule has 0 atom stereocenters. The third-order valence-electron chi connectivity index (χ3n) is 4.70. The molecule has 0 saturated heterocycles. The maximum atomic E-state index is 12.6. The lowest BCUT2D eigenvalue weighted by Gasteiger charge is -2.13. The number of Topliss-reactive ketones (excluding diaryl/α,β-unsaturated/α-hetero) is 1. The molecule has 0 aliphatic heterocycles. The molecular formula is C22H24N2O3S. The minimum Gasteiger partial charge on any atom is -0.454 e. The second kappa shape index (κ2) is 8.44. The lowest BCUT2D eigenvalue weighted by Crippen LogP contribution is -2.16. The minimum absolute atomic E-state index is 0.192. The number of ether oxygens (including phenoxy) is 1. The summed E-state index contributed by atoms with van der Waals surface area (Å²) < 4.78 is 7.39. The number of anilines is 1. The molecule has 28 heavy (non-hydrogen) atoms. The molecule has 1 aromatic carbocycles. The van der Waals surface area contributed by atoms with Crippen molar-refractivity contribution >= 4 is 28.8 Å². The van der Waals surface area contributed by atoms with Gasteiger partial charge in [-0.3, -0.25) is 4.79 Å². The number of rotatable bonds is 7. The van der Waals surface area contributed by atoms with Crippen LogP contribution in [0.25, 0.3) is 0 Å². The van der Waals surface area contributed by atoms with E-state index in [1.165, 1.54) is 4.88 Å². The van der Waals surface area contributed by atoms with Gasteiger partial charge in [-0.1, -0.05) is 12.1 Å². The average Bonchev–Trinajstić information content (AvgIpc) is 3.29. The first kappa shape index (κ1) is 19.9. The van der Waals surface area contributed by atoms with Crippen LogP contribution in [0, 0.1) is 13.8 Å². The van der Waals surface area contributed by atoms with Gasteiger partial charge in [0.1, 0.15) is 0 Å². The highest BCUT2D eigenvalue weighted by atomic mass is 32.1. The van der Waals surface area contributed by atoms with Crippen molar-refractivity contribution in [3.63, 3.8) is 0 Å². The van der Waals surface area contributed by atoms with Gasteiger partial charge >= 0.3 is 5.97 Å². The predicted octanol–water partition coefficient (Wildman–Crippen LogP) is 4.32. The van der Waals surface area contributed by atoms with Crippen LogP contribution in [0.2, 0.25) is 0 Å². The molecule has 0 bridgehead atoms. The molecule has 2 heterocycles. The van der Waals surface area contributed by atoms with Crippen LogP contribution in [0.4, 0.5) is 5.69 Å². The second-order valence-electron chi connectivity index (χ2n) is 6.89. The van der Waals surface area contributed by atoms with E-state index >= 15 is 0 Å². The number of carbonyl (C=O) groups is 2. The molecule has 2 aromatic heterocycles. The van der Waals surface area contributed by atoms with E-state index in [0.29, 0.717) is 11.1 Å². The molecule has 0 aliphatic carbocycles. The fourth-order valence-corrected chi connectivity index (χ4v) is 3.78. The Morgan fingerprint density at radius 1 is 1.11 bits per heavy atom. The number of hydrogen-bond acceptors (Lipinski definition) is 5. The van der Waals surface area contributed by atoms with Crippen molar-refractivity contribution in [3.05, 3.63) is 75.2 Å². The van der Waals surface area contributed by atoms with Crippen LogP contribution in [-0.2, 0) is 11.3 Å². The van der Waals surface area contributed by atoms with Gasteiger partial charge in [0.05, 0.1) is 12.1 Å². The van der Waals surface area contributed by atoms with Crippen molar-refractivity contribution in [2.75, 3.05) is 25.6 Å². The summed E-state index contributed by atoms with van der Waals surface area (Å²) >= 11 is 1.69. The second-order valence-corrected chi connectivity index (χ2v) is 7.93. The number of aryl methyl sites for hydroxylation is 1. The van der Waals surface area contributed by atoms with Gasteiger partial charge in [0.2, 0.25) is 5.78 Å². The third kappa shape index (κ3) is 4.34. The zero-order valence-electron chi connectivity index (χ0n) is 16.6. The Hall–Kier alpha value is -2.86. The number of nitrogens with zero attached hydrogens (tertiary/aromatic N) is 2. The third-order valence-corrected chi connectivity index (χ3v) is 5.56. The molecule has 0 fully saturated rings. The molecule has 3 rings (SSSR count). The van der Waals surface area contributed by atoms with Crippen LogP contribution in [0.15, 0.2) is 47.8 Å². The van der Waals surface area contributed by atoms with Gasteiger partial charge in [-0.25, -0.2) is 4.79 Å². The number of thiophene rings is 1. The summed E-state index contributed by atoms with van der Waals surface area (Å²) in [5.41, 5.74) is 3.84. The van der Waals surface area contributed by atoms with E-state index in [2.05, 4.69) is 10.6 Å². The number of benzene rings is 1. The zero-order valence-corrected chi connectivity index (χ0v) is 17.4. The molecule has 6 heteroatoms. The van der Waals surface area contributed by atoms with Gasteiger partial charge in [0.25, 0.3) is 0 Å². The lowest BCUT2D eigenvalue weighted by atomic mass is 10.1. The summed E-state index contributed by atoms with van der Waals surface area (Å²) in [5, 5.41) is 2.04. The highest BCUT2D eigenvalue weighted by molar-refractivity contribution is 7.09. The number of ketones is 1. The predicted molar refractivity (Wildman–Crippen MR) is 113 cm³/mol. The summed E-state index contributed by atoms with van der Waals surface area (Å²) in [4.78, 5) is 28.1. The fraction of sp³-hybridized carbons (Fsp3) is 0.273. The van der Waals surface area contributed by atoms with Crippen LogP contribution >= 0.6 is 11.3 Å². The van der Waals surface area contributed by atoms with Crippen molar-refractivity contribution in [3.8, 4) is 0 Å². The van der Waals surface area contributed by atoms with Crippen LogP contribution in [0.3, 0.4) is 0 Å². The van der Waals surface area contributed by atoms with E-state index in [1.807, 2.05) is 56.4 Å². The van der Waals surface area contributed by atoms with E-state index in [9.17, 15) is 9.59 Å². The zero-order chi connectivity index (χ0) is 20.3. The summed E-state index contributed by atoms with van der Waals surface area (Å²) in [6, 6.07) is 13.1. The topological polar surface area (TPSA) is 51.5 Å². The largest absolute Gasteiger partial charge is 0.454 e. The van der Waals surface area contributed by atoms with Crippen LogP contribution in [0.5, 0.6) is 0 Å². The van der Waals surface area contributed by atoms with E-state index < -0.39 is 5.97 Å². The average molecular weight is 397 g/mol. The van der Waals surface area contributed by atoms with Gasteiger partial charge in [-0.05, 0) is 49.6 Å². The first-order valence-corrected chi connectivity index (χ1v) is 9.91. The van der Waals surface area contributed by atoms with E-state index in [-0.39, 0.29) is 12.4 Å². The molecule has 0 unspecified atom stereocenters. The Kier molecular flexibility index (Phi) is 5.99. The van der Waals surface area contributed by atoms with E-state index in [4.69, 9.17) is 4.74 Å². The van der Waals surface area contributed by atoms with Crippen molar-refractivity contribution in [2.24, 2.45) is 0 Å². The van der Waals surface area contributed by atoms with E-state index in [1.54, 1.807) is 29.5 Å². The van der Waals surface area contributed by atoms with Crippen molar-refractivity contribution in [1.82, 2.24) is 4.57 Å². The summed E-state index contributed by atoms with van der Waals surface area (Å²) in [7, 11) is 3.81. The van der Waals surface area contributed by atoms with Gasteiger partial charge in [-0.15, -0.1) is 11.3 Å². The first-order chi connectivity index (χ1) is 13.4. The Morgan fingerprint density at radius 3 is 2.57 bits per heavy atom. The van der Waals surface area contributed by atoms with Crippen LogP contribution in [0.1, 0.15) is 37.0 Å². The molecule has 0 N–H and O–H groups in total. The van der Waals surface area contributed by atoms with Crippen molar-refractivity contribution < 1.29 is 14.3 Å². The number of aromatic nitrogens is 1. The molecular weight excluding hydrogens is 372 g/mol. The Morgan fingerprint density at radius 2 is 1.89 bits per heavy atom. The normalized spacial score (nSPS) is 10.7. The molecule has 0 aliphatic rings. The molecule has 5 nitrogen and oxygen atoms in total. The van der Waals surface area contributed by atoms with Crippen LogP contribution in [-0.4, -0.2) is 37.0 Å². The molecule has 0 amide bonds. The van der Waals surface area contributed by atoms with Crippen molar-refractivity contribution in [1.29, 1.82) is 0 Å². The molecule has 0 spiro atoms. The monoisotopic (exact) mass is 396 g/mol. The highest BCUT2D eigenvalue weighted by Gasteiger charge is 2.18. The molecule has 0 radical (unpaired) electrons. The van der Waals surface area contributed by atoms with Crippen LogP contribution < -0.4 is 4.90 Å². The summed E-state index contributed by atoms with van der Waals surface area (Å²) in [5.74, 6) is -0.688. The smallest absolute Gasteiger partial charge is 0.338 e. The first-order valence-electron chi connectivity index (χ1n) is 9.03. The fourth-order valence-electron chi connectivity index (χ4n) is 3.09. The molecule has 3 aromatic rings.